The van der Waals surface area contributed by atoms with Crippen molar-refractivity contribution in [2.45, 2.75) is 37.5 Å². The molecule has 1 N–H and O–H groups in total. The number of aryl methyl sites for hydroxylation is 1. The Morgan fingerprint density at radius 2 is 1.86 bits per heavy atom. The summed E-state index contributed by atoms with van der Waals surface area (Å²) in [5, 5.41) is 8.84. The molecule has 0 aromatic heterocycles. The summed E-state index contributed by atoms with van der Waals surface area (Å²) in [4.78, 5) is 0.246. The fourth-order valence-corrected chi connectivity index (χ4v) is 4.17. The van der Waals surface area contributed by atoms with Crippen molar-refractivity contribution in [3.8, 4) is 11.8 Å². The maximum absolute atomic E-state index is 12.8. The summed E-state index contributed by atoms with van der Waals surface area (Å²) in [6, 6.07) is 5.17. The topological polar surface area (TPSA) is 57.6 Å². The Balaban J connectivity index is 2.43. The third-order valence-electron chi connectivity index (χ3n) is 3.62. The van der Waals surface area contributed by atoms with E-state index in [1.807, 2.05) is 6.92 Å². The van der Waals surface area contributed by atoms with Crippen LogP contribution in [-0.4, -0.2) is 37.5 Å². The molecule has 4 nitrogen and oxygen atoms in total. The number of aliphatic hydroxyl groups is 1. The number of hydrogen-bond donors (Lipinski definition) is 1. The van der Waals surface area contributed by atoms with Crippen LogP contribution in [0.5, 0.6) is 0 Å². The second-order valence-corrected chi connectivity index (χ2v) is 7.18. The molecule has 1 aliphatic rings. The van der Waals surface area contributed by atoms with Crippen molar-refractivity contribution < 1.29 is 13.5 Å². The predicted molar refractivity (Wildman–Crippen MR) is 82.4 cm³/mol. The summed E-state index contributed by atoms with van der Waals surface area (Å²) in [7, 11) is -3.51. The van der Waals surface area contributed by atoms with Gasteiger partial charge in [-0.25, -0.2) is 8.42 Å². The monoisotopic (exact) mass is 307 g/mol. The minimum atomic E-state index is -3.51. The minimum Gasteiger partial charge on any atom is -0.384 e. The van der Waals surface area contributed by atoms with Crippen LogP contribution in [0.4, 0.5) is 0 Å². The molecule has 1 aromatic rings. The molecule has 0 unspecified atom stereocenters. The Labute approximate surface area is 126 Å². The van der Waals surface area contributed by atoms with Gasteiger partial charge in [0.15, 0.2) is 0 Å². The van der Waals surface area contributed by atoms with Crippen LogP contribution in [0.2, 0.25) is 0 Å². The van der Waals surface area contributed by atoms with Crippen LogP contribution in [0.25, 0.3) is 0 Å². The van der Waals surface area contributed by atoms with Crippen molar-refractivity contribution in [1.29, 1.82) is 0 Å². The Bertz CT molecular complexity index is 648. The molecule has 0 bridgehead atoms. The Kier molecular flexibility index (Phi) is 5.40. The first-order valence-corrected chi connectivity index (χ1v) is 8.70. The lowest BCUT2D eigenvalue weighted by Crippen LogP contribution is -2.32. The van der Waals surface area contributed by atoms with E-state index in [-0.39, 0.29) is 11.5 Å². The molecule has 2 rings (SSSR count). The van der Waals surface area contributed by atoms with E-state index >= 15 is 0 Å². The van der Waals surface area contributed by atoms with E-state index in [1.54, 1.807) is 22.5 Å². The molecule has 0 spiro atoms. The zero-order valence-electron chi connectivity index (χ0n) is 12.3. The van der Waals surface area contributed by atoms with Crippen LogP contribution in [0.3, 0.4) is 0 Å². The number of rotatable bonds is 2. The first kappa shape index (κ1) is 16.0. The maximum atomic E-state index is 12.8. The average molecular weight is 307 g/mol. The number of hydrogen-bond acceptors (Lipinski definition) is 3. The highest BCUT2D eigenvalue weighted by Gasteiger charge is 2.27. The first-order valence-electron chi connectivity index (χ1n) is 7.26. The van der Waals surface area contributed by atoms with Gasteiger partial charge in [-0.1, -0.05) is 30.7 Å². The minimum absolute atomic E-state index is 0.246. The third-order valence-corrected chi connectivity index (χ3v) is 5.58. The predicted octanol–water partition coefficient (Wildman–Crippen LogP) is 1.90. The maximum Gasteiger partial charge on any atom is 0.244 e. The van der Waals surface area contributed by atoms with Gasteiger partial charge in [0.2, 0.25) is 10.0 Å². The summed E-state index contributed by atoms with van der Waals surface area (Å²) in [6.07, 6.45) is 3.97. The summed E-state index contributed by atoms with van der Waals surface area (Å²) in [5.41, 5.74) is 1.42. The Hall–Kier alpha value is -1.35. The molecule has 0 radical (unpaired) electrons. The smallest absolute Gasteiger partial charge is 0.244 e. The van der Waals surface area contributed by atoms with Crippen molar-refractivity contribution in [3.63, 3.8) is 0 Å². The number of aliphatic hydroxyl groups excluding tert-OH is 1. The molecule has 0 aliphatic carbocycles. The molecular weight excluding hydrogens is 286 g/mol. The lowest BCUT2D eigenvalue weighted by atomic mass is 10.1. The zero-order valence-corrected chi connectivity index (χ0v) is 13.1. The van der Waals surface area contributed by atoms with Gasteiger partial charge in [-0.2, -0.15) is 4.31 Å². The molecule has 0 saturated carbocycles. The van der Waals surface area contributed by atoms with Gasteiger partial charge >= 0.3 is 0 Å². The number of sulfonamides is 1. The summed E-state index contributed by atoms with van der Waals surface area (Å²) >= 11 is 0. The standard InChI is InChI=1S/C16H21NO3S/c1-14-8-9-16(15(13-14)7-6-12-18)21(19,20)17-10-4-2-3-5-11-17/h8-9,13,18H,2-5,10-12H2,1H3. The fourth-order valence-electron chi connectivity index (χ4n) is 2.52. The van der Waals surface area contributed by atoms with Gasteiger partial charge in [0, 0.05) is 18.7 Å². The molecule has 1 aromatic carbocycles. The van der Waals surface area contributed by atoms with Gasteiger partial charge in [-0.3, -0.25) is 0 Å². The normalized spacial score (nSPS) is 16.9. The van der Waals surface area contributed by atoms with E-state index in [0.29, 0.717) is 18.7 Å². The van der Waals surface area contributed by atoms with Crippen molar-refractivity contribution in [1.82, 2.24) is 4.31 Å². The highest BCUT2D eigenvalue weighted by molar-refractivity contribution is 7.89. The van der Waals surface area contributed by atoms with E-state index in [1.165, 1.54) is 0 Å². The molecule has 1 heterocycles. The summed E-state index contributed by atoms with van der Waals surface area (Å²) in [5.74, 6) is 5.30. The van der Waals surface area contributed by atoms with Gasteiger partial charge in [0.05, 0.1) is 4.90 Å². The SMILES string of the molecule is Cc1ccc(S(=O)(=O)N2CCCCCC2)c(C#CCO)c1. The molecule has 21 heavy (non-hydrogen) atoms. The summed E-state index contributed by atoms with van der Waals surface area (Å²) in [6.45, 7) is 2.76. The second kappa shape index (κ2) is 7.08. The van der Waals surface area contributed by atoms with E-state index in [9.17, 15) is 8.42 Å². The molecule has 1 fully saturated rings. The molecule has 1 saturated heterocycles. The van der Waals surface area contributed by atoms with Crippen molar-refractivity contribution in [2.75, 3.05) is 19.7 Å². The van der Waals surface area contributed by atoms with Crippen LogP contribution in [0.1, 0.15) is 36.8 Å². The highest BCUT2D eigenvalue weighted by Crippen LogP contribution is 2.23. The fraction of sp³-hybridized carbons (Fsp3) is 0.500. The molecule has 0 atom stereocenters. The van der Waals surface area contributed by atoms with Crippen LogP contribution >= 0.6 is 0 Å². The van der Waals surface area contributed by atoms with E-state index in [4.69, 9.17) is 5.11 Å². The molecule has 1 aliphatic heterocycles. The van der Waals surface area contributed by atoms with Crippen molar-refractivity contribution in [3.05, 3.63) is 29.3 Å². The van der Waals surface area contributed by atoms with Crippen molar-refractivity contribution in [2.24, 2.45) is 0 Å². The first-order chi connectivity index (χ1) is 10.1. The van der Waals surface area contributed by atoms with E-state index < -0.39 is 10.0 Å². The quantitative estimate of drug-likeness (QED) is 0.849. The van der Waals surface area contributed by atoms with Gasteiger partial charge in [-0.05, 0) is 37.5 Å². The molecule has 114 valence electrons. The highest BCUT2D eigenvalue weighted by atomic mass is 32.2. The Morgan fingerprint density at radius 1 is 1.19 bits per heavy atom. The van der Waals surface area contributed by atoms with E-state index in [0.717, 1.165) is 31.2 Å². The number of benzene rings is 1. The van der Waals surface area contributed by atoms with Crippen LogP contribution in [0.15, 0.2) is 23.1 Å². The van der Waals surface area contributed by atoms with Gasteiger partial charge in [0.1, 0.15) is 6.61 Å². The van der Waals surface area contributed by atoms with Crippen LogP contribution in [-0.2, 0) is 10.0 Å². The van der Waals surface area contributed by atoms with E-state index in [2.05, 4.69) is 11.8 Å². The van der Waals surface area contributed by atoms with Crippen LogP contribution in [0, 0.1) is 18.8 Å². The largest absolute Gasteiger partial charge is 0.384 e. The van der Waals surface area contributed by atoms with Crippen LogP contribution < -0.4 is 0 Å². The van der Waals surface area contributed by atoms with Gasteiger partial charge in [0.25, 0.3) is 0 Å². The van der Waals surface area contributed by atoms with Gasteiger partial charge in [-0.15, -0.1) is 0 Å². The molecule has 5 heteroatoms. The van der Waals surface area contributed by atoms with Crippen molar-refractivity contribution >= 4 is 10.0 Å². The summed E-state index contributed by atoms with van der Waals surface area (Å²) < 4.78 is 27.2. The second-order valence-electron chi connectivity index (χ2n) is 5.28. The Morgan fingerprint density at radius 3 is 2.48 bits per heavy atom. The van der Waals surface area contributed by atoms with Gasteiger partial charge < -0.3 is 5.11 Å². The number of nitrogens with zero attached hydrogens (tertiary/aromatic N) is 1. The third kappa shape index (κ3) is 3.85. The zero-order chi connectivity index (χ0) is 15.3. The average Bonchev–Trinajstić information content (AvgIpc) is 2.74. The molecular formula is C16H21NO3S. The lowest BCUT2D eigenvalue weighted by molar-refractivity contribution is 0.350. The lowest BCUT2D eigenvalue weighted by Gasteiger charge is -2.20. The molecule has 0 amide bonds.